The first-order chi connectivity index (χ1) is 9.01. The third kappa shape index (κ3) is 2.96. The van der Waals surface area contributed by atoms with Gasteiger partial charge in [-0.25, -0.2) is 0 Å². The van der Waals surface area contributed by atoms with Crippen molar-refractivity contribution in [3.05, 3.63) is 28.3 Å². The molecule has 6 nitrogen and oxygen atoms in total. The summed E-state index contributed by atoms with van der Waals surface area (Å²) >= 11 is 0. The van der Waals surface area contributed by atoms with Gasteiger partial charge in [0.15, 0.2) is 0 Å². The minimum Gasteiger partial charge on any atom is -0.388 e. The Hall–Kier alpha value is -1.82. The first kappa shape index (κ1) is 13.6. The summed E-state index contributed by atoms with van der Waals surface area (Å²) < 4.78 is 5.58. The summed E-state index contributed by atoms with van der Waals surface area (Å²) in [5.41, 5.74) is 1.71. The Kier molecular flexibility index (Phi) is 3.90. The Balaban J connectivity index is 2.37. The summed E-state index contributed by atoms with van der Waals surface area (Å²) in [4.78, 5) is 12.8. The van der Waals surface area contributed by atoms with E-state index in [-0.39, 0.29) is 22.8 Å². The molecule has 2 unspecified atom stereocenters. The van der Waals surface area contributed by atoms with E-state index >= 15 is 0 Å². The SMILES string of the molecule is CNc1cc(N2CC(C)OCC2C)cc([N+](=O)[O-])c1. The molecule has 104 valence electrons. The smallest absolute Gasteiger partial charge is 0.273 e. The van der Waals surface area contributed by atoms with Crippen molar-refractivity contribution in [3.8, 4) is 0 Å². The quantitative estimate of drug-likeness (QED) is 0.670. The van der Waals surface area contributed by atoms with Crippen LogP contribution in [0.25, 0.3) is 0 Å². The monoisotopic (exact) mass is 265 g/mol. The van der Waals surface area contributed by atoms with Crippen molar-refractivity contribution in [2.45, 2.75) is 26.0 Å². The molecule has 0 aliphatic carbocycles. The lowest BCUT2D eigenvalue weighted by Gasteiger charge is -2.38. The summed E-state index contributed by atoms with van der Waals surface area (Å²) in [5, 5.41) is 13.9. The van der Waals surface area contributed by atoms with E-state index in [9.17, 15) is 10.1 Å². The van der Waals surface area contributed by atoms with E-state index < -0.39 is 0 Å². The van der Waals surface area contributed by atoms with Crippen molar-refractivity contribution in [3.63, 3.8) is 0 Å². The van der Waals surface area contributed by atoms with Gasteiger partial charge in [0.25, 0.3) is 5.69 Å². The van der Waals surface area contributed by atoms with Gasteiger partial charge in [-0.1, -0.05) is 0 Å². The number of benzene rings is 1. The molecular formula is C13H19N3O3. The second kappa shape index (κ2) is 5.44. The Labute approximate surface area is 112 Å². The van der Waals surface area contributed by atoms with Gasteiger partial charge in [-0.05, 0) is 19.9 Å². The maximum atomic E-state index is 11.0. The van der Waals surface area contributed by atoms with Gasteiger partial charge < -0.3 is 15.0 Å². The standard InChI is InChI=1S/C13H19N3O3/c1-9-8-19-10(2)7-15(9)12-4-11(14-3)5-13(6-12)16(17)18/h4-6,9-10,14H,7-8H2,1-3H3. The molecule has 2 atom stereocenters. The van der Waals surface area contributed by atoms with Gasteiger partial charge in [-0.2, -0.15) is 0 Å². The topological polar surface area (TPSA) is 67.6 Å². The van der Waals surface area contributed by atoms with Crippen LogP contribution in [0.15, 0.2) is 18.2 Å². The molecular weight excluding hydrogens is 246 g/mol. The van der Waals surface area contributed by atoms with Crippen molar-refractivity contribution in [1.29, 1.82) is 0 Å². The molecule has 19 heavy (non-hydrogen) atoms. The molecule has 0 saturated carbocycles. The maximum absolute atomic E-state index is 11.0. The second-order valence-electron chi connectivity index (χ2n) is 4.89. The van der Waals surface area contributed by atoms with Crippen molar-refractivity contribution in [1.82, 2.24) is 0 Å². The fraction of sp³-hybridized carbons (Fsp3) is 0.538. The van der Waals surface area contributed by atoms with Crippen LogP contribution in [0, 0.1) is 10.1 Å². The predicted octanol–water partition coefficient (Wildman–Crippen LogP) is 2.25. The average molecular weight is 265 g/mol. The second-order valence-corrected chi connectivity index (χ2v) is 4.89. The summed E-state index contributed by atoms with van der Waals surface area (Å²) in [6, 6.07) is 5.30. The van der Waals surface area contributed by atoms with Gasteiger partial charge in [0.1, 0.15) is 0 Å². The predicted molar refractivity (Wildman–Crippen MR) is 74.9 cm³/mol. The van der Waals surface area contributed by atoms with Crippen molar-refractivity contribution in [2.24, 2.45) is 0 Å². The first-order valence-corrected chi connectivity index (χ1v) is 6.36. The Morgan fingerprint density at radius 1 is 1.42 bits per heavy atom. The van der Waals surface area contributed by atoms with Crippen LogP contribution in [0.3, 0.4) is 0 Å². The lowest BCUT2D eigenvalue weighted by molar-refractivity contribution is -0.384. The molecule has 6 heteroatoms. The van der Waals surface area contributed by atoms with E-state index in [2.05, 4.69) is 17.1 Å². The van der Waals surface area contributed by atoms with Crippen LogP contribution < -0.4 is 10.2 Å². The largest absolute Gasteiger partial charge is 0.388 e. The van der Waals surface area contributed by atoms with Gasteiger partial charge in [-0.3, -0.25) is 10.1 Å². The number of nitrogens with one attached hydrogen (secondary N) is 1. The average Bonchev–Trinajstić information content (AvgIpc) is 2.40. The van der Waals surface area contributed by atoms with Crippen molar-refractivity contribution in [2.75, 3.05) is 30.4 Å². The number of anilines is 2. The van der Waals surface area contributed by atoms with Crippen LogP contribution in [0.4, 0.5) is 17.1 Å². The molecule has 1 heterocycles. The Bertz CT molecular complexity index is 478. The van der Waals surface area contributed by atoms with Gasteiger partial charge in [0.05, 0.1) is 17.6 Å². The molecule has 0 radical (unpaired) electrons. The van der Waals surface area contributed by atoms with E-state index in [4.69, 9.17) is 4.74 Å². The first-order valence-electron chi connectivity index (χ1n) is 6.36. The Morgan fingerprint density at radius 3 is 2.79 bits per heavy atom. The lowest BCUT2D eigenvalue weighted by Crippen LogP contribution is -2.47. The molecule has 0 bridgehead atoms. The van der Waals surface area contributed by atoms with E-state index in [1.54, 1.807) is 13.1 Å². The highest BCUT2D eigenvalue weighted by molar-refractivity contribution is 5.64. The maximum Gasteiger partial charge on any atom is 0.273 e. The number of hydrogen-bond donors (Lipinski definition) is 1. The summed E-state index contributed by atoms with van der Waals surface area (Å²) in [5.74, 6) is 0. The fourth-order valence-electron chi connectivity index (χ4n) is 2.27. The van der Waals surface area contributed by atoms with E-state index in [0.717, 1.165) is 17.9 Å². The molecule has 1 aromatic rings. The van der Waals surface area contributed by atoms with Crippen LogP contribution in [0.2, 0.25) is 0 Å². The minimum absolute atomic E-state index is 0.105. The van der Waals surface area contributed by atoms with Gasteiger partial charge in [0, 0.05) is 43.1 Å². The normalized spacial score (nSPS) is 23.2. The van der Waals surface area contributed by atoms with Gasteiger partial charge in [0.2, 0.25) is 0 Å². The summed E-state index contributed by atoms with van der Waals surface area (Å²) in [6.45, 7) is 5.45. The molecule has 2 rings (SSSR count). The molecule has 0 spiro atoms. The van der Waals surface area contributed by atoms with E-state index in [0.29, 0.717) is 6.61 Å². The Morgan fingerprint density at radius 2 is 2.16 bits per heavy atom. The molecule has 1 aliphatic rings. The fourth-order valence-corrected chi connectivity index (χ4v) is 2.27. The van der Waals surface area contributed by atoms with Crippen molar-refractivity contribution >= 4 is 17.1 Å². The molecule has 0 aromatic heterocycles. The number of morpholine rings is 1. The van der Waals surface area contributed by atoms with Crippen LogP contribution in [-0.2, 0) is 4.74 Å². The number of non-ortho nitro benzene ring substituents is 1. The van der Waals surface area contributed by atoms with Crippen LogP contribution in [-0.4, -0.2) is 37.3 Å². The summed E-state index contributed by atoms with van der Waals surface area (Å²) in [7, 11) is 1.76. The zero-order valence-corrected chi connectivity index (χ0v) is 11.4. The lowest BCUT2D eigenvalue weighted by atomic mass is 10.1. The molecule has 1 fully saturated rings. The molecule has 1 aliphatic heterocycles. The number of hydrogen-bond acceptors (Lipinski definition) is 5. The van der Waals surface area contributed by atoms with Gasteiger partial charge >= 0.3 is 0 Å². The summed E-state index contributed by atoms with van der Waals surface area (Å²) in [6.07, 6.45) is 0.133. The number of ether oxygens (including phenoxy) is 1. The zero-order valence-electron chi connectivity index (χ0n) is 11.4. The van der Waals surface area contributed by atoms with Crippen molar-refractivity contribution < 1.29 is 9.66 Å². The highest BCUT2D eigenvalue weighted by Crippen LogP contribution is 2.29. The molecule has 1 aromatic carbocycles. The van der Waals surface area contributed by atoms with Crippen LogP contribution in [0.1, 0.15) is 13.8 Å². The highest BCUT2D eigenvalue weighted by atomic mass is 16.6. The van der Waals surface area contributed by atoms with E-state index in [1.165, 1.54) is 6.07 Å². The molecule has 1 saturated heterocycles. The molecule has 0 amide bonds. The molecule has 1 N–H and O–H groups in total. The van der Waals surface area contributed by atoms with Crippen LogP contribution in [0.5, 0.6) is 0 Å². The number of nitrogens with zero attached hydrogens (tertiary/aromatic N) is 2. The third-order valence-electron chi connectivity index (χ3n) is 3.34. The van der Waals surface area contributed by atoms with E-state index in [1.807, 2.05) is 13.0 Å². The number of nitro groups is 1. The minimum atomic E-state index is -0.362. The zero-order chi connectivity index (χ0) is 14.0. The number of nitro benzene ring substituents is 1. The third-order valence-corrected chi connectivity index (χ3v) is 3.34. The van der Waals surface area contributed by atoms with Crippen LogP contribution >= 0.6 is 0 Å². The highest BCUT2D eigenvalue weighted by Gasteiger charge is 2.25. The van der Waals surface area contributed by atoms with Gasteiger partial charge in [-0.15, -0.1) is 0 Å². The number of rotatable bonds is 3.